The summed E-state index contributed by atoms with van der Waals surface area (Å²) in [6.07, 6.45) is 2.36. The number of anilines is 1. The van der Waals surface area contributed by atoms with Crippen LogP contribution in [-0.4, -0.2) is 47.3 Å². The number of rotatable bonds is 5. The Morgan fingerprint density at radius 3 is 2.79 bits per heavy atom. The average Bonchev–Trinajstić information content (AvgIpc) is 2.59. The lowest BCUT2D eigenvalue weighted by molar-refractivity contribution is 0.134. The van der Waals surface area contributed by atoms with Crippen molar-refractivity contribution in [3.05, 3.63) is 59.0 Å². The molecule has 1 aliphatic heterocycles. The van der Waals surface area contributed by atoms with Crippen LogP contribution in [0.2, 0.25) is 5.02 Å². The van der Waals surface area contributed by atoms with Crippen molar-refractivity contribution < 1.29 is 9.50 Å². The molecule has 1 N–H and O–H groups in total. The number of halogens is 2. The highest BCUT2D eigenvalue weighted by atomic mass is 35.5. The smallest absolute Gasteiger partial charge is 0.147 e. The predicted octanol–water partition coefficient (Wildman–Crippen LogP) is 2.95. The quantitative estimate of drug-likeness (QED) is 0.901. The second kappa shape index (κ2) is 7.92. The third-order valence-electron chi connectivity index (χ3n) is 4.44. The van der Waals surface area contributed by atoms with Gasteiger partial charge in [-0.25, -0.2) is 9.37 Å². The largest absolute Gasteiger partial charge is 0.396 e. The van der Waals surface area contributed by atoms with Crippen LogP contribution in [0, 0.1) is 5.82 Å². The van der Waals surface area contributed by atoms with Crippen molar-refractivity contribution >= 4 is 17.4 Å². The molecule has 2 aromatic rings. The van der Waals surface area contributed by atoms with E-state index in [4.69, 9.17) is 11.6 Å². The maximum absolute atomic E-state index is 13.9. The van der Waals surface area contributed by atoms with Crippen LogP contribution in [0.15, 0.2) is 42.6 Å². The third-order valence-corrected chi connectivity index (χ3v) is 4.73. The fourth-order valence-corrected chi connectivity index (χ4v) is 3.41. The van der Waals surface area contributed by atoms with Crippen molar-refractivity contribution in [2.24, 2.45) is 0 Å². The zero-order chi connectivity index (χ0) is 16.9. The van der Waals surface area contributed by atoms with Gasteiger partial charge in [-0.1, -0.05) is 29.8 Å². The summed E-state index contributed by atoms with van der Waals surface area (Å²) in [6, 6.07) is 10.6. The summed E-state index contributed by atoms with van der Waals surface area (Å²) in [5.74, 6) is 0.586. The Morgan fingerprint density at radius 2 is 2.04 bits per heavy atom. The maximum Gasteiger partial charge on any atom is 0.147 e. The van der Waals surface area contributed by atoms with Gasteiger partial charge < -0.3 is 10.0 Å². The van der Waals surface area contributed by atoms with E-state index >= 15 is 0 Å². The van der Waals surface area contributed by atoms with Crippen molar-refractivity contribution in [1.29, 1.82) is 0 Å². The number of aliphatic hydroxyl groups excluding tert-OH is 1. The lowest BCUT2D eigenvalue weighted by Crippen LogP contribution is -2.53. The Kier molecular flexibility index (Phi) is 5.66. The van der Waals surface area contributed by atoms with Gasteiger partial charge in [0.25, 0.3) is 0 Å². The van der Waals surface area contributed by atoms with Gasteiger partial charge >= 0.3 is 0 Å². The maximum atomic E-state index is 13.9. The van der Waals surface area contributed by atoms with Crippen LogP contribution in [0.4, 0.5) is 10.2 Å². The van der Waals surface area contributed by atoms with E-state index in [2.05, 4.69) is 14.8 Å². The molecule has 1 aliphatic rings. The predicted molar refractivity (Wildman–Crippen MR) is 93.8 cm³/mol. The van der Waals surface area contributed by atoms with E-state index in [0.717, 1.165) is 18.9 Å². The molecule has 0 unspecified atom stereocenters. The van der Waals surface area contributed by atoms with Crippen LogP contribution < -0.4 is 4.90 Å². The molecule has 4 nitrogen and oxygen atoms in total. The minimum Gasteiger partial charge on any atom is -0.396 e. The molecule has 128 valence electrons. The highest BCUT2D eigenvalue weighted by Gasteiger charge is 2.28. The number of hydrogen-bond acceptors (Lipinski definition) is 4. The van der Waals surface area contributed by atoms with Crippen LogP contribution >= 0.6 is 11.6 Å². The van der Waals surface area contributed by atoms with Gasteiger partial charge in [0.15, 0.2) is 0 Å². The fourth-order valence-electron chi connectivity index (χ4n) is 3.17. The second-order valence-corrected chi connectivity index (χ2v) is 6.39. The number of aliphatic hydroxyl groups is 1. The fraction of sp³-hybridized carbons (Fsp3) is 0.389. The van der Waals surface area contributed by atoms with Crippen molar-refractivity contribution in [3.63, 3.8) is 0 Å². The average molecular weight is 350 g/mol. The third kappa shape index (κ3) is 3.86. The molecule has 6 heteroatoms. The van der Waals surface area contributed by atoms with E-state index in [1.165, 1.54) is 6.07 Å². The number of pyridine rings is 1. The summed E-state index contributed by atoms with van der Waals surface area (Å²) in [4.78, 5) is 8.74. The Morgan fingerprint density at radius 1 is 1.21 bits per heavy atom. The molecule has 1 saturated heterocycles. The summed E-state index contributed by atoms with van der Waals surface area (Å²) in [5.41, 5.74) is 0.685. The highest BCUT2D eigenvalue weighted by molar-refractivity contribution is 6.32. The molecular formula is C18H21ClFN3O. The second-order valence-electron chi connectivity index (χ2n) is 5.98. The molecule has 0 saturated carbocycles. The van der Waals surface area contributed by atoms with Crippen molar-refractivity contribution in [3.8, 4) is 0 Å². The molecule has 1 aromatic heterocycles. The number of nitrogens with zero attached hydrogens (tertiary/aromatic N) is 3. The normalized spacial score (nSPS) is 18.8. The minimum atomic E-state index is -0.185. The van der Waals surface area contributed by atoms with Gasteiger partial charge in [0, 0.05) is 50.6 Å². The lowest BCUT2D eigenvalue weighted by atomic mass is 10.1. The SMILES string of the molecule is OCC[C@H]1CN(c2ncccc2Cl)CCN1Cc1ccccc1F. The molecule has 1 fully saturated rings. The number of hydrogen-bond donors (Lipinski definition) is 1. The van der Waals surface area contributed by atoms with Crippen LogP contribution in [0.25, 0.3) is 0 Å². The molecule has 0 amide bonds. The van der Waals surface area contributed by atoms with Gasteiger partial charge in [0.1, 0.15) is 11.6 Å². The van der Waals surface area contributed by atoms with E-state index < -0.39 is 0 Å². The molecule has 0 aliphatic carbocycles. The Hall–Kier alpha value is -1.69. The summed E-state index contributed by atoms with van der Waals surface area (Å²) < 4.78 is 13.9. The molecule has 24 heavy (non-hydrogen) atoms. The first-order chi connectivity index (χ1) is 11.7. The van der Waals surface area contributed by atoms with Crippen molar-refractivity contribution in [1.82, 2.24) is 9.88 Å². The number of benzene rings is 1. The first kappa shape index (κ1) is 17.1. The van der Waals surface area contributed by atoms with Crippen LogP contribution in [0.3, 0.4) is 0 Å². The van der Waals surface area contributed by atoms with E-state index in [1.54, 1.807) is 12.3 Å². The van der Waals surface area contributed by atoms with Crippen LogP contribution in [-0.2, 0) is 6.54 Å². The molecular weight excluding hydrogens is 329 g/mol. The topological polar surface area (TPSA) is 39.6 Å². The summed E-state index contributed by atoms with van der Waals surface area (Å²) in [7, 11) is 0. The summed E-state index contributed by atoms with van der Waals surface area (Å²) >= 11 is 6.25. The molecule has 1 aromatic carbocycles. The lowest BCUT2D eigenvalue weighted by Gasteiger charge is -2.42. The van der Waals surface area contributed by atoms with Crippen LogP contribution in [0.5, 0.6) is 0 Å². The highest BCUT2D eigenvalue weighted by Crippen LogP contribution is 2.26. The molecule has 0 spiro atoms. The van der Waals surface area contributed by atoms with Crippen molar-refractivity contribution in [2.75, 3.05) is 31.1 Å². The van der Waals surface area contributed by atoms with Gasteiger partial charge in [0.05, 0.1) is 5.02 Å². The Bertz CT molecular complexity index is 685. The molecule has 0 bridgehead atoms. The zero-order valence-corrected chi connectivity index (χ0v) is 14.2. The molecule has 3 rings (SSSR count). The first-order valence-corrected chi connectivity index (χ1v) is 8.50. The van der Waals surface area contributed by atoms with E-state index in [0.29, 0.717) is 30.1 Å². The van der Waals surface area contributed by atoms with Crippen LogP contribution in [0.1, 0.15) is 12.0 Å². The standard InChI is InChI=1S/C18H21ClFN3O/c19-16-5-3-8-21-18(16)23-10-9-22(15(13-23)7-11-24)12-14-4-1-2-6-17(14)20/h1-6,8,15,24H,7,9-13H2/t15-/m0/s1. The zero-order valence-electron chi connectivity index (χ0n) is 13.4. The monoisotopic (exact) mass is 349 g/mol. The van der Waals surface area contributed by atoms with Gasteiger partial charge in [0.2, 0.25) is 0 Å². The van der Waals surface area contributed by atoms with Gasteiger partial charge in [-0.3, -0.25) is 4.90 Å². The van der Waals surface area contributed by atoms with Crippen molar-refractivity contribution in [2.45, 2.75) is 19.0 Å². The van der Waals surface area contributed by atoms with Gasteiger partial charge in [-0.05, 0) is 24.6 Å². The first-order valence-electron chi connectivity index (χ1n) is 8.13. The van der Waals surface area contributed by atoms with Gasteiger partial charge in [-0.15, -0.1) is 0 Å². The Balaban J connectivity index is 1.74. The van der Waals surface area contributed by atoms with E-state index in [1.807, 2.05) is 24.3 Å². The molecule has 1 atom stereocenters. The summed E-state index contributed by atoms with van der Waals surface area (Å²) in [6.45, 7) is 2.90. The molecule has 0 radical (unpaired) electrons. The summed E-state index contributed by atoms with van der Waals surface area (Å²) in [5, 5.41) is 10.0. The molecule has 2 heterocycles. The Labute approximate surface area is 146 Å². The number of piperazine rings is 1. The van der Waals surface area contributed by atoms with E-state index in [-0.39, 0.29) is 18.5 Å². The van der Waals surface area contributed by atoms with E-state index in [9.17, 15) is 9.50 Å². The number of aromatic nitrogens is 1. The minimum absolute atomic E-state index is 0.0994. The van der Waals surface area contributed by atoms with Gasteiger partial charge in [-0.2, -0.15) is 0 Å².